The number of unbranched alkanes of at least 4 members (excludes halogenated alkanes) is 1. The lowest BCUT2D eigenvalue weighted by atomic mass is 10.1. The Balaban J connectivity index is 1.60. The molecule has 0 saturated carbocycles. The van der Waals surface area contributed by atoms with E-state index in [4.69, 9.17) is 14.6 Å². The van der Waals surface area contributed by atoms with Crippen LogP contribution < -0.4 is 0 Å². The third kappa shape index (κ3) is 5.22. The largest absolute Gasteiger partial charge is 0.463 e. The van der Waals surface area contributed by atoms with E-state index in [1.807, 2.05) is 21.6 Å². The Morgan fingerprint density at radius 1 is 1.35 bits per heavy atom. The fourth-order valence-electron chi connectivity index (χ4n) is 2.59. The molecular formula is C14H24O7S2. The molecule has 0 aromatic carbocycles. The van der Waals surface area contributed by atoms with Crippen molar-refractivity contribution >= 4 is 27.6 Å². The van der Waals surface area contributed by atoms with Crippen LogP contribution in [-0.4, -0.2) is 74.7 Å². The molecule has 4 N–H and O–H groups in total. The van der Waals surface area contributed by atoms with Crippen LogP contribution in [0.3, 0.4) is 0 Å². The molecule has 5 atom stereocenters. The summed E-state index contributed by atoms with van der Waals surface area (Å²) in [6.45, 7) is -1.12. The number of aliphatic hydroxyl groups is 4. The van der Waals surface area contributed by atoms with E-state index < -0.39 is 36.7 Å². The lowest BCUT2D eigenvalue weighted by molar-refractivity contribution is -0.248. The number of aliphatic hydroxyl groups excluding tert-OH is 3. The van der Waals surface area contributed by atoms with Gasteiger partial charge in [0.05, 0.1) is 6.61 Å². The molecule has 2 heterocycles. The first kappa shape index (κ1) is 19.3. The SMILES string of the molecule is O=C(CCCC[C@@H]1CCSS1)OCC1O[C@](O)(CO)[C@@H](O)[C@@H]1O. The van der Waals surface area contributed by atoms with Gasteiger partial charge in [0.2, 0.25) is 5.79 Å². The third-order valence-corrected chi connectivity index (χ3v) is 7.05. The minimum Gasteiger partial charge on any atom is -0.463 e. The van der Waals surface area contributed by atoms with Gasteiger partial charge in [-0.1, -0.05) is 28.0 Å². The second kappa shape index (κ2) is 8.89. The van der Waals surface area contributed by atoms with Crippen molar-refractivity contribution in [2.45, 2.75) is 61.5 Å². The summed E-state index contributed by atoms with van der Waals surface area (Å²) in [5, 5.41) is 38.7. The van der Waals surface area contributed by atoms with Crippen LogP contribution in [-0.2, 0) is 14.3 Å². The first-order valence-corrected chi connectivity index (χ1v) is 10.2. The summed E-state index contributed by atoms with van der Waals surface area (Å²) >= 11 is 0. The number of carbonyl (C=O) groups excluding carboxylic acids is 1. The van der Waals surface area contributed by atoms with E-state index in [9.17, 15) is 20.1 Å². The monoisotopic (exact) mass is 368 g/mol. The van der Waals surface area contributed by atoms with Crippen LogP contribution in [0.2, 0.25) is 0 Å². The van der Waals surface area contributed by atoms with E-state index in [2.05, 4.69) is 0 Å². The Morgan fingerprint density at radius 3 is 2.74 bits per heavy atom. The van der Waals surface area contributed by atoms with Gasteiger partial charge in [-0.3, -0.25) is 4.79 Å². The van der Waals surface area contributed by atoms with Crippen LogP contribution in [0.4, 0.5) is 0 Å². The zero-order chi connectivity index (χ0) is 16.9. The van der Waals surface area contributed by atoms with E-state index >= 15 is 0 Å². The molecule has 1 unspecified atom stereocenters. The summed E-state index contributed by atoms with van der Waals surface area (Å²) in [5.74, 6) is -1.41. The Kier molecular flexibility index (Phi) is 7.46. The first-order valence-electron chi connectivity index (χ1n) is 7.77. The Labute approximate surface area is 143 Å². The predicted octanol–water partition coefficient (Wildman–Crippen LogP) is 0.0452. The summed E-state index contributed by atoms with van der Waals surface area (Å²) in [6, 6.07) is 0. The van der Waals surface area contributed by atoms with E-state index in [1.165, 1.54) is 12.2 Å². The van der Waals surface area contributed by atoms with Crippen molar-refractivity contribution in [3.05, 3.63) is 0 Å². The molecule has 2 fully saturated rings. The fourth-order valence-corrected chi connectivity index (χ4v) is 5.62. The number of ether oxygens (including phenoxy) is 2. The van der Waals surface area contributed by atoms with E-state index in [0.29, 0.717) is 11.7 Å². The van der Waals surface area contributed by atoms with Gasteiger partial charge in [0.15, 0.2) is 0 Å². The minimum absolute atomic E-state index is 0.269. The number of rotatable bonds is 8. The molecule has 9 heteroatoms. The van der Waals surface area contributed by atoms with Crippen molar-refractivity contribution < 1.29 is 34.7 Å². The standard InChI is InChI=1S/C14H24O7S2/c15-8-14(19)13(18)12(17)10(21-14)7-20-11(16)4-2-1-3-9-5-6-22-23-9/h9-10,12-13,15,17-19H,1-8H2/t9-,10?,12-,13+,14-/m1/s1. The van der Waals surface area contributed by atoms with Crippen molar-refractivity contribution in [1.82, 2.24) is 0 Å². The lowest BCUT2D eigenvalue weighted by Crippen LogP contribution is -2.46. The van der Waals surface area contributed by atoms with Gasteiger partial charge >= 0.3 is 5.97 Å². The van der Waals surface area contributed by atoms with Gasteiger partial charge < -0.3 is 29.9 Å². The topological polar surface area (TPSA) is 116 Å². The zero-order valence-electron chi connectivity index (χ0n) is 12.8. The third-order valence-electron chi connectivity index (χ3n) is 4.04. The van der Waals surface area contributed by atoms with Crippen molar-refractivity contribution in [2.75, 3.05) is 19.0 Å². The Morgan fingerprint density at radius 2 is 2.13 bits per heavy atom. The maximum absolute atomic E-state index is 11.7. The Bertz CT molecular complexity index is 391. The molecule has 7 nitrogen and oxygen atoms in total. The van der Waals surface area contributed by atoms with Crippen LogP contribution in [0.1, 0.15) is 32.1 Å². The fraction of sp³-hybridized carbons (Fsp3) is 0.929. The lowest BCUT2D eigenvalue weighted by Gasteiger charge is -2.22. The first-order chi connectivity index (χ1) is 11.0. The molecule has 0 radical (unpaired) electrons. The van der Waals surface area contributed by atoms with Gasteiger partial charge in [0.25, 0.3) is 0 Å². The van der Waals surface area contributed by atoms with Gasteiger partial charge in [-0.2, -0.15) is 0 Å². The quantitative estimate of drug-likeness (QED) is 0.268. The van der Waals surface area contributed by atoms with E-state index in [0.717, 1.165) is 19.3 Å². The second-order valence-corrected chi connectivity index (χ2v) is 8.64. The van der Waals surface area contributed by atoms with Crippen molar-refractivity contribution in [1.29, 1.82) is 0 Å². The summed E-state index contributed by atoms with van der Waals surface area (Å²) in [4.78, 5) is 11.7. The van der Waals surface area contributed by atoms with Gasteiger partial charge in [0, 0.05) is 17.4 Å². The highest BCUT2D eigenvalue weighted by molar-refractivity contribution is 8.77. The molecule has 0 amide bonds. The maximum atomic E-state index is 11.7. The number of esters is 1. The summed E-state index contributed by atoms with van der Waals surface area (Å²) in [6.07, 6.45) is 0.224. The highest BCUT2D eigenvalue weighted by atomic mass is 33.1. The minimum atomic E-state index is -2.21. The zero-order valence-corrected chi connectivity index (χ0v) is 14.4. The van der Waals surface area contributed by atoms with Crippen LogP contribution in [0.5, 0.6) is 0 Å². The molecule has 134 valence electrons. The number of hydrogen-bond donors (Lipinski definition) is 4. The molecular weight excluding hydrogens is 344 g/mol. The molecule has 0 bridgehead atoms. The molecule has 0 aromatic heterocycles. The van der Waals surface area contributed by atoms with E-state index in [1.54, 1.807) is 0 Å². The van der Waals surface area contributed by atoms with Gasteiger partial charge in [-0.25, -0.2) is 0 Å². The molecule has 2 saturated heterocycles. The van der Waals surface area contributed by atoms with Gasteiger partial charge in [-0.15, -0.1) is 0 Å². The summed E-state index contributed by atoms with van der Waals surface area (Å²) in [5.41, 5.74) is 0. The summed E-state index contributed by atoms with van der Waals surface area (Å²) in [7, 11) is 3.82. The maximum Gasteiger partial charge on any atom is 0.305 e. The molecule has 0 spiro atoms. The van der Waals surface area contributed by atoms with Crippen LogP contribution in [0, 0.1) is 0 Å². The molecule has 0 aliphatic carbocycles. The molecule has 2 aliphatic heterocycles. The second-order valence-electron chi connectivity index (χ2n) is 5.85. The van der Waals surface area contributed by atoms with Crippen LogP contribution >= 0.6 is 21.6 Å². The predicted molar refractivity (Wildman–Crippen MR) is 86.8 cm³/mol. The average Bonchev–Trinajstić information content (AvgIpc) is 3.13. The van der Waals surface area contributed by atoms with Gasteiger partial charge in [-0.05, 0) is 19.3 Å². The van der Waals surface area contributed by atoms with Crippen LogP contribution in [0.15, 0.2) is 0 Å². The van der Waals surface area contributed by atoms with Crippen molar-refractivity contribution in [3.63, 3.8) is 0 Å². The van der Waals surface area contributed by atoms with Crippen molar-refractivity contribution in [2.24, 2.45) is 0 Å². The number of hydrogen-bond acceptors (Lipinski definition) is 9. The Hall–Kier alpha value is -0.0300. The normalized spacial score (nSPS) is 37.2. The summed E-state index contributed by atoms with van der Waals surface area (Å²) < 4.78 is 10.0. The van der Waals surface area contributed by atoms with E-state index in [-0.39, 0.29) is 6.61 Å². The highest BCUT2D eigenvalue weighted by Crippen LogP contribution is 2.39. The van der Waals surface area contributed by atoms with Crippen molar-refractivity contribution in [3.8, 4) is 0 Å². The molecule has 2 rings (SSSR count). The smallest absolute Gasteiger partial charge is 0.305 e. The molecule has 2 aliphatic rings. The molecule has 23 heavy (non-hydrogen) atoms. The highest BCUT2D eigenvalue weighted by Gasteiger charge is 2.53. The number of carbonyl (C=O) groups is 1. The van der Waals surface area contributed by atoms with Gasteiger partial charge in [0.1, 0.15) is 24.9 Å². The average molecular weight is 368 g/mol. The van der Waals surface area contributed by atoms with Crippen LogP contribution in [0.25, 0.3) is 0 Å². The molecule has 0 aromatic rings.